The molecule has 4 nitrogen and oxygen atoms in total. The summed E-state index contributed by atoms with van der Waals surface area (Å²) in [5.41, 5.74) is 18.0. The monoisotopic (exact) mass is 743 g/mol. The number of pyridine rings is 1. The molecule has 0 bridgehead atoms. The molecule has 9 aromatic rings. The number of para-hydroxylation sites is 1. The van der Waals surface area contributed by atoms with E-state index in [9.17, 15) is 0 Å². The highest BCUT2D eigenvalue weighted by molar-refractivity contribution is 5.92. The van der Waals surface area contributed by atoms with Crippen LogP contribution in [0.25, 0.3) is 67.3 Å². The molecular weight excluding hydrogens is 707 g/mol. The van der Waals surface area contributed by atoms with E-state index in [0.717, 1.165) is 73.1 Å². The number of aromatic nitrogens is 3. The minimum atomic E-state index is -0.645. The van der Waals surface area contributed by atoms with Gasteiger partial charge in [0.2, 0.25) is 0 Å². The van der Waals surface area contributed by atoms with Crippen LogP contribution < -0.4 is 4.74 Å². The van der Waals surface area contributed by atoms with Crippen LogP contribution in [0, 0.1) is 13.8 Å². The van der Waals surface area contributed by atoms with Crippen molar-refractivity contribution in [1.82, 2.24) is 15.0 Å². The maximum absolute atomic E-state index is 6.81. The van der Waals surface area contributed by atoms with Crippen molar-refractivity contribution in [3.05, 3.63) is 222 Å². The van der Waals surface area contributed by atoms with Crippen LogP contribution in [0.5, 0.6) is 11.5 Å². The van der Waals surface area contributed by atoms with Gasteiger partial charge in [-0.2, -0.15) is 0 Å². The van der Waals surface area contributed by atoms with Gasteiger partial charge in [0.1, 0.15) is 11.5 Å². The molecule has 1 aliphatic heterocycles. The zero-order valence-electron chi connectivity index (χ0n) is 32.1. The minimum Gasteiger partial charge on any atom is -0.457 e. The Bertz CT molecular complexity index is 3060. The predicted octanol–water partition coefficient (Wildman–Crippen LogP) is 13.3. The Kier molecular flexibility index (Phi) is 7.80. The summed E-state index contributed by atoms with van der Waals surface area (Å²) < 4.78 is 6.81. The number of ether oxygens (including phenoxy) is 1. The fourth-order valence-electron chi connectivity index (χ4n) is 9.20. The SMILES string of the molecule is Cc1cc(-c2ccc3c(c2)-c2ccccc2C32c3ccccc3Oc3ccc(-c4nc(-c5ccccc5)cc(-c5ccccc5-c5ccccc5)n4)cc32)c(C)cn1. The normalized spacial score (nSPS) is 14.6. The number of aryl methyl sites for hydroxylation is 2. The van der Waals surface area contributed by atoms with E-state index in [2.05, 4.69) is 195 Å². The van der Waals surface area contributed by atoms with Gasteiger partial charge in [0.15, 0.2) is 5.82 Å². The lowest BCUT2D eigenvalue weighted by Gasteiger charge is -2.39. The maximum atomic E-state index is 6.81. The first-order valence-electron chi connectivity index (χ1n) is 19.8. The van der Waals surface area contributed by atoms with Crippen molar-refractivity contribution >= 4 is 0 Å². The van der Waals surface area contributed by atoms with Crippen molar-refractivity contribution in [3.8, 4) is 78.8 Å². The molecule has 1 unspecified atom stereocenters. The fraction of sp³-hybridized carbons (Fsp3) is 0.0556. The fourth-order valence-corrected chi connectivity index (χ4v) is 9.20. The molecule has 0 saturated carbocycles. The van der Waals surface area contributed by atoms with Crippen molar-refractivity contribution in [2.45, 2.75) is 19.3 Å². The van der Waals surface area contributed by atoms with Crippen LogP contribution in [0.1, 0.15) is 33.5 Å². The molecule has 1 aliphatic carbocycles. The third kappa shape index (κ3) is 5.26. The van der Waals surface area contributed by atoms with Crippen LogP contribution >= 0.6 is 0 Å². The summed E-state index contributed by atoms with van der Waals surface area (Å²) >= 11 is 0. The van der Waals surface area contributed by atoms with E-state index in [1.54, 1.807) is 0 Å². The van der Waals surface area contributed by atoms with Gasteiger partial charge in [-0.15, -0.1) is 0 Å². The zero-order valence-corrected chi connectivity index (χ0v) is 32.1. The average molecular weight is 744 g/mol. The molecule has 11 rings (SSSR count). The van der Waals surface area contributed by atoms with E-state index >= 15 is 0 Å². The number of benzene rings is 7. The van der Waals surface area contributed by atoms with Gasteiger partial charge in [-0.3, -0.25) is 4.98 Å². The Hall–Kier alpha value is -7.43. The topological polar surface area (TPSA) is 47.9 Å². The first-order chi connectivity index (χ1) is 28.6. The second kappa shape index (κ2) is 13.4. The smallest absolute Gasteiger partial charge is 0.160 e. The summed E-state index contributed by atoms with van der Waals surface area (Å²) in [5, 5.41) is 0. The van der Waals surface area contributed by atoms with Gasteiger partial charge in [0.05, 0.1) is 16.8 Å². The quantitative estimate of drug-likeness (QED) is 0.176. The molecule has 0 saturated heterocycles. The Morgan fingerprint density at radius 3 is 1.83 bits per heavy atom. The zero-order chi connectivity index (χ0) is 38.8. The second-order valence-corrected chi connectivity index (χ2v) is 15.2. The maximum Gasteiger partial charge on any atom is 0.160 e. The number of rotatable bonds is 5. The molecule has 2 aromatic heterocycles. The van der Waals surface area contributed by atoms with Crippen molar-refractivity contribution in [2.75, 3.05) is 0 Å². The molecule has 2 aliphatic rings. The van der Waals surface area contributed by atoms with E-state index in [4.69, 9.17) is 14.7 Å². The Morgan fingerprint density at radius 2 is 1.02 bits per heavy atom. The molecule has 1 atom stereocenters. The molecule has 274 valence electrons. The van der Waals surface area contributed by atoms with Crippen LogP contribution in [0.15, 0.2) is 188 Å². The molecule has 0 amide bonds. The van der Waals surface area contributed by atoms with Crippen molar-refractivity contribution in [3.63, 3.8) is 0 Å². The number of nitrogens with zero attached hydrogens (tertiary/aromatic N) is 3. The standard InChI is InChI=1S/C54H37N3O/c1-34-33-55-35(2)29-43(34)38-25-27-46-44(30-38)41-20-11-12-22-45(41)54(46)47-23-13-14-24-51(47)58-52-28-26-39(31-48(52)54)53-56-49(37-17-7-4-8-18-37)32-50(57-53)42-21-10-9-19-40(42)36-15-5-3-6-16-36/h3-33H,1-2H3. The lowest BCUT2D eigenvalue weighted by molar-refractivity contribution is 0.436. The van der Waals surface area contributed by atoms with Gasteiger partial charge in [-0.1, -0.05) is 140 Å². The number of fused-ring (bicyclic) bond motifs is 9. The molecule has 0 fully saturated rings. The summed E-state index contributed by atoms with van der Waals surface area (Å²) in [6.07, 6.45) is 1.97. The lowest BCUT2D eigenvalue weighted by Crippen LogP contribution is -2.32. The van der Waals surface area contributed by atoms with E-state index in [0.29, 0.717) is 5.82 Å². The van der Waals surface area contributed by atoms with Crippen molar-refractivity contribution in [2.24, 2.45) is 0 Å². The van der Waals surface area contributed by atoms with Crippen LogP contribution in [-0.4, -0.2) is 15.0 Å². The van der Waals surface area contributed by atoms with Crippen LogP contribution in [-0.2, 0) is 5.41 Å². The summed E-state index contributed by atoms with van der Waals surface area (Å²) in [6, 6.07) is 64.6. The first-order valence-corrected chi connectivity index (χ1v) is 19.8. The Labute approximate surface area is 338 Å². The molecule has 1 spiro atoms. The van der Waals surface area contributed by atoms with Crippen LogP contribution in [0.4, 0.5) is 0 Å². The molecule has 0 N–H and O–H groups in total. The second-order valence-electron chi connectivity index (χ2n) is 15.2. The highest BCUT2D eigenvalue weighted by atomic mass is 16.5. The third-order valence-electron chi connectivity index (χ3n) is 11.8. The lowest BCUT2D eigenvalue weighted by atomic mass is 9.66. The molecule has 3 heterocycles. The Morgan fingerprint density at radius 1 is 0.397 bits per heavy atom. The summed E-state index contributed by atoms with van der Waals surface area (Å²) in [4.78, 5) is 15.3. The van der Waals surface area contributed by atoms with E-state index in [1.807, 2.05) is 12.3 Å². The van der Waals surface area contributed by atoms with E-state index in [-0.39, 0.29) is 0 Å². The van der Waals surface area contributed by atoms with E-state index in [1.165, 1.54) is 33.4 Å². The van der Waals surface area contributed by atoms with Gasteiger partial charge in [-0.05, 0) is 106 Å². The predicted molar refractivity (Wildman–Crippen MR) is 234 cm³/mol. The third-order valence-corrected chi connectivity index (χ3v) is 11.8. The number of hydrogen-bond donors (Lipinski definition) is 0. The van der Waals surface area contributed by atoms with Gasteiger partial charge in [0.25, 0.3) is 0 Å². The van der Waals surface area contributed by atoms with Gasteiger partial charge in [0, 0.05) is 39.7 Å². The van der Waals surface area contributed by atoms with Crippen molar-refractivity contribution < 1.29 is 4.74 Å². The molecule has 0 radical (unpaired) electrons. The van der Waals surface area contributed by atoms with Crippen molar-refractivity contribution in [1.29, 1.82) is 0 Å². The van der Waals surface area contributed by atoms with Gasteiger partial charge >= 0.3 is 0 Å². The molecule has 58 heavy (non-hydrogen) atoms. The summed E-state index contributed by atoms with van der Waals surface area (Å²) in [6.45, 7) is 4.19. The first kappa shape index (κ1) is 33.9. The highest BCUT2D eigenvalue weighted by Crippen LogP contribution is 2.62. The molecule has 7 aromatic carbocycles. The summed E-state index contributed by atoms with van der Waals surface area (Å²) in [5.74, 6) is 2.34. The largest absolute Gasteiger partial charge is 0.457 e. The average Bonchev–Trinajstić information content (AvgIpc) is 3.57. The highest BCUT2D eigenvalue weighted by Gasteiger charge is 2.51. The number of hydrogen-bond acceptors (Lipinski definition) is 4. The minimum absolute atomic E-state index is 0.645. The Balaban J connectivity index is 1.16. The summed E-state index contributed by atoms with van der Waals surface area (Å²) in [7, 11) is 0. The van der Waals surface area contributed by atoms with E-state index < -0.39 is 5.41 Å². The van der Waals surface area contributed by atoms with Crippen LogP contribution in [0.3, 0.4) is 0 Å². The van der Waals surface area contributed by atoms with Gasteiger partial charge in [-0.25, -0.2) is 9.97 Å². The van der Waals surface area contributed by atoms with Crippen LogP contribution in [0.2, 0.25) is 0 Å². The molecular formula is C54H37N3O. The van der Waals surface area contributed by atoms with Gasteiger partial charge < -0.3 is 4.74 Å². The molecule has 4 heteroatoms.